The van der Waals surface area contributed by atoms with Gasteiger partial charge in [-0.2, -0.15) is 0 Å². The van der Waals surface area contributed by atoms with Crippen LogP contribution in [0.2, 0.25) is 0 Å². The van der Waals surface area contributed by atoms with Crippen molar-refractivity contribution in [2.75, 3.05) is 12.5 Å². The van der Waals surface area contributed by atoms with Gasteiger partial charge in [-0.15, -0.1) is 11.6 Å². The number of rotatable bonds is 4. The fraction of sp³-hybridized carbons (Fsp3) is 0.375. The van der Waals surface area contributed by atoms with Crippen molar-refractivity contribution in [3.05, 3.63) is 24.3 Å². The first-order valence-corrected chi connectivity index (χ1v) is 3.75. The molecule has 0 spiro atoms. The largest absolute Gasteiger partial charge is 0.458 e. The van der Waals surface area contributed by atoms with Crippen molar-refractivity contribution in [2.45, 2.75) is 6.92 Å². The van der Waals surface area contributed by atoms with Crippen LogP contribution in [0.3, 0.4) is 0 Å². The van der Waals surface area contributed by atoms with E-state index in [0.29, 0.717) is 11.5 Å². The van der Waals surface area contributed by atoms with Gasteiger partial charge in [0.05, 0.1) is 0 Å². The van der Waals surface area contributed by atoms with Crippen LogP contribution in [0.5, 0.6) is 0 Å². The first-order valence-electron chi connectivity index (χ1n) is 3.22. The Balaban J connectivity index is 3.47. The van der Waals surface area contributed by atoms with Gasteiger partial charge in [-0.05, 0) is 6.92 Å². The highest BCUT2D eigenvalue weighted by Gasteiger charge is 1.99. The molecule has 2 nitrogen and oxygen atoms in total. The molecule has 0 aromatic rings. The average molecular weight is 175 g/mol. The minimum atomic E-state index is -0.371. The van der Waals surface area contributed by atoms with Crippen LogP contribution in [0.15, 0.2) is 24.3 Å². The lowest BCUT2D eigenvalue weighted by atomic mass is 10.4. The number of carbonyl (C=O) groups excluding carboxylic acids is 1. The van der Waals surface area contributed by atoms with Crippen LogP contribution < -0.4 is 0 Å². The van der Waals surface area contributed by atoms with E-state index in [1.54, 1.807) is 19.1 Å². The van der Waals surface area contributed by atoms with E-state index in [0.717, 1.165) is 0 Å². The Kier molecular flexibility index (Phi) is 5.57. The van der Waals surface area contributed by atoms with Crippen LogP contribution in [0.1, 0.15) is 6.92 Å². The molecule has 0 aromatic heterocycles. The molecule has 0 heterocycles. The summed E-state index contributed by atoms with van der Waals surface area (Å²) in [6.07, 6.45) is 3.40. The molecule has 0 saturated heterocycles. The van der Waals surface area contributed by atoms with E-state index in [9.17, 15) is 4.79 Å². The number of hydrogen-bond donors (Lipinski definition) is 0. The first kappa shape index (κ1) is 10.2. The molecule has 0 N–H and O–H groups in total. The van der Waals surface area contributed by atoms with Gasteiger partial charge in [0, 0.05) is 11.5 Å². The molecule has 0 aliphatic heterocycles. The number of carbonyl (C=O) groups is 1. The Morgan fingerprint density at radius 3 is 2.73 bits per heavy atom. The van der Waals surface area contributed by atoms with Crippen molar-refractivity contribution in [1.82, 2.24) is 0 Å². The Hall–Kier alpha value is -0.760. The van der Waals surface area contributed by atoms with Gasteiger partial charge >= 0.3 is 5.97 Å². The van der Waals surface area contributed by atoms with Gasteiger partial charge in [-0.25, -0.2) is 4.79 Å². The summed E-state index contributed by atoms with van der Waals surface area (Å²) < 4.78 is 4.72. The third-order valence-electron chi connectivity index (χ3n) is 0.915. The summed E-state index contributed by atoms with van der Waals surface area (Å²) >= 11 is 5.33. The van der Waals surface area contributed by atoms with Crippen LogP contribution in [-0.2, 0) is 9.53 Å². The number of alkyl halides is 1. The summed E-state index contributed by atoms with van der Waals surface area (Å²) in [5, 5.41) is 0. The van der Waals surface area contributed by atoms with E-state index in [2.05, 4.69) is 6.58 Å². The first-order chi connectivity index (χ1) is 5.18. The predicted octanol–water partition coefficient (Wildman–Crippen LogP) is 1.90. The molecule has 11 heavy (non-hydrogen) atoms. The minimum absolute atomic E-state index is 0.262. The van der Waals surface area contributed by atoms with E-state index in [4.69, 9.17) is 16.3 Å². The topological polar surface area (TPSA) is 26.3 Å². The van der Waals surface area contributed by atoms with E-state index < -0.39 is 0 Å². The SMILES string of the molecule is C=C(C)C(=O)OC/C=C/CCl. The average Bonchev–Trinajstić information content (AvgIpc) is 1.97. The molecule has 0 aromatic carbocycles. The van der Waals surface area contributed by atoms with Crippen molar-refractivity contribution in [3.8, 4) is 0 Å². The summed E-state index contributed by atoms with van der Waals surface area (Å²) in [7, 11) is 0. The third-order valence-corrected chi connectivity index (χ3v) is 1.09. The van der Waals surface area contributed by atoms with Gasteiger partial charge in [0.1, 0.15) is 6.61 Å². The molecule has 0 amide bonds. The van der Waals surface area contributed by atoms with Crippen LogP contribution in [-0.4, -0.2) is 18.5 Å². The Morgan fingerprint density at radius 2 is 2.27 bits per heavy atom. The maximum absolute atomic E-state index is 10.7. The number of halogens is 1. The maximum Gasteiger partial charge on any atom is 0.333 e. The summed E-state index contributed by atoms with van der Waals surface area (Å²) in [5.74, 6) is 0.0641. The van der Waals surface area contributed by atoms with E-state index in [1.807, 2.05) is 0 Å². The molecule has 0 saturated carbocycles. The zero-order chi connectivity index (χ0) is 8.69. The number of allylic oxidation sites excluding steroid dienone is 1. The second kappa shape index (κ2) is 5.98. The molecule has 3 heteroatoms. The molecule has 0 atom stereocenters. The lowest BCUT2D eigenvalue weighted by Crippen LogP contribution is -2.04. The van der Waals surface area contributed by atoms with Crippen LogP contribution in [0.25, 0.3) is 0 Å². The van der Waals surface area contributed by atoms with Crippen molar-refractivity contribution in [2.24, 2.45) is 0 Å². The molecular formula is C8H11ClO2. The smallest absolute Gasteiger partial charge is 0.333 e. The van der Waals surface area contributed by atoms with E-state index in [1.165, 1.54) is 0 Å². The molecule has 62 valence electrons. The third kappa shape index (κ3) is 5.67. The minimum Gasteiger partial charge on any atom is -0.458 e. The summed E-state index contributed by atoms with van der Waals surface area (Å²) in [4.78, 5) is 10.7. The second-order valence-corrected chi connectivity index (χ2v) is 2.31. The summed E-state index contributed by atoms with van der Waals surface area (Å²) in [6.45, 7) is 5.30. The Labute approximate surface area is 71.5 Å². The highest BCUT2D eigenvalue weighted by molar-refractivity contribution is 6.18. The lowest BCUT2D eigenvalue weighted by molar-refractivity contribution is -0.137. The summed E-state index contributed by atoms with van der Waals surface area (Å²) in [5.41, 5.74) is 0.407. The number of hydrogen-bond acceptors (Lipinski definition) is 2. The Bertz CT molecular complexity index is 173. The van der Waals surface area contributed by atoms with Crippen LogP contribution in [0.4, 0.5) is 0 Å². The fourth-order valence-electron chi connectivity index (χ4n) is 0.378. The van der Waals surface area contributed by atoms with Crippen LogP contribution >= 0.6 is 11.6 Å². The normalized spacial score (nSPS) is 10.0. The number of esters is 1. The van der Waals surface area contributed by atoms with E-state index >= 15 is 0 Å². The van der Waals surface area contributed by atoms with Gasteiger partial charge in [-0.3, -0.25) is 0 Å². The highest BCUT2D eigenvalue weighted by Crippen LogP contribution is 1.91. The molecule has 0 radical (unpaired) electrons. The quantitative estimate of drug-likeness (QED) is 0.282. The molecule has 0 fully saturated rings. The van der Waals surface area contributed by atoms with Crippen molar-refractivity contribution < 1.29 is 9.53 Å². The Morgan fingerprint density at radius 1 is 1.64 bits per heavy atom. The zero-order valence-electron chi connectivity index (χ0n) is 6.47. The van der Waals surface area contributed by atoms with Crippen molar-refractivity contribution in [3.63, 3.8) is 0 Å². The second-order valence-electron chi connectivity index (χ2n) is 2.00. The van der Waals surface area contributed by atoms with Gasteiger partial charge in [0.25, 0.3) is 0 Å². The zero-order valence-corrected chi connectivity index (χ0v) is 7.23. The van der Waals surface area contributed by atoms with Crippen LogP contribution in [0, 0.1) is 0 Å². The standard InChI is InChI=1S/C8H11ClO2/c1-7(2)8(10)11-6-4-3-5-9/h3-4H,1,5-6H2,2H3/b4-3+. The molecule has 0 aliphatic carbocycles. The summed E-state index contributed by atoms with van der Waals surface area (Å²) in [6, 6.07) is 0. The van der Waals surface area contributed by atoms with Crippen molar-refractivity contribution >= 4 is 17.6 Å². The molecule has 0 bridgehead atoms. The monoisotopic (exact) mass is 174 g/mol. The van der Waals surface area contributed by atoms with Gasteiger partial charge in [-0.1, -0.05) is 18.7 Å². The van der Waals surface area contributed by atoms with E-state index in [-0.39, 0.29) is 12.6 Å². The highest BCUT2D eigenvalue weighted by atomic mass is 35.5. The number of ether oxygens (including phenoxy) is 1. The van der Waals surface area contributed by atoms with Gasteiger partial charge in [0.2, 0.25) is 0 Å². The maximum atomic E-state index is 10.7. The molecule has 0 rings (SSSR count). The lowest BCUT2D eigenvalue weighted by Gasteiger charge is -1.98. The molecule has 0 unspecified atom stereocenters. The van der Waals surface area contributed by atoms with Crippen molar-refractivity contribution in [1.29, 1.82) is 0 Å². The molecular weight excluding hydrogens is 164 g/mol. The van der Waals surface area contributed by atoms with Gasteiger partial charge < -0.3 is 4.74 Å². The fourth-order valence-corrected chi connectivity index (χ4v) is 0.504. The predicted molar refractivity (Wildman–Crippen MR) is 45.6 cm³/mol. The van der Waals surface area contributed by atoms with Gasteiger partial charge in [0.15, 0.2) is 0 Å². The molecule has 0 aliphatic rings.